The van der Waals surface area contributed by atoms with Crippen molar-refractivity contribution >= 4 is 23.5 Å². The first-order valence-corrected chi connectivity index (χ1v) is 12.1. The van der Waals surface area contributed by atoms with Crippen LogP contribution in [0.1, 0.15) is 34.3 Å². The molecule has 3 aromatic carbocycles. The highest BCUT2D eigenvalue weighted by Gasteiger charge is 2.22. The first-order chi connectivity index (χ1) is 17.1. The fraction of sp³-hybridized carbons (Fsp3) is 0.286. The minimum absolute atomic E-state index is 0.0863. The van der Waals surface area contributed by atoms with E-state index in [9.17, 15) is 9.59 Å². The van der Waals surface area contributed by atoms with Crippen molar-refractivity contribution in [3.8, 4) is 5.75 Å². The molecule has 0 spiro atoms. The zero-order valence-corrected chi connectivity index (χ0v) is 20.2. The van der Waals surface area contributed by atoms with Gasteiger partial charge in [-0.1, -0.05) is 66.2 Å². The summed E-state index contributed by atoms with van der Waals surface area (Å²) in [5, 5.41) is 3.64. The number of esters is 1. The lowest BCUT2D eigenvalue weighted by Gasteiger charge is -2.32. The number of halogens is 1. The van der Waals surface area contributed by atoms with Crippen molar-refractivity contribution in [2.75, 3.05) is 19.7 Å². The molecule has 1 saturated heterocycles. The van der Waals surface area contributed by atoms with Crippen LogP contribution < -0.4 is 10.1 Å². The summed E-state index contributed by atoms with van der Waals surface area (Å²) in [6.07, 6.45) is 1.74. The standard InChI is InChI=1S/C28H29ClN2O4/c29-23-12-10-22(11-13-23)19-34-26-9-5-4-8-25(26)28(33)35-20-27(32)30-24-14-16-31(17-15-24)18-21-6-2-1-3-7-21/h1-13,24H,14-20H2,(H,30,32). The molecule has 1 aliphatic rings. The maximum atomic E-state index is 12.6. The summed E-state index contributed by atoms with van der Waals surface area (Å²) < 4.78 is 11.1. The number of likely N-dealkylation sites (tertiary alicyclic amines) is 1. The van der Waals surface area contributed by atoms with Gasteiger partial charge in [0.25, 0.3) is 5.91 Å². The fourth-order valence-corrected chi connectivity index (χ4v) is 4.18. The predicted molar refractivity (Wildman–Crippen MR) is 135 cm³/mol. The maximum absolute atomic E-state index is 12.6. The Kier molecular flexibility index (Phi) is 8.76. The van der Waals surface area contributed by atoms with Crippen molar-refractivity contribution in [3.05, 3.63) is 101 Å². The second-order valence-corrected chi connectivity index (χ2v) is 9.03. The average molecular weight is 493 g/mol. The molecule has 35 heavy (non-hydrogen) atoms. The molecule has 0 unspecified atom stereocenters. The normalized spacial score (nSPS) is 14.3. The number of hydrogen-bond donors (Lipinski definition) is 1. The highest BCUT2D eigenvalue weighted by atomic mass is 35.5. The third-order valence-electron chi connectivity index (χ3n) is 5.95. The minimum Gasteiger partial charge on any atom is -0.488 e. The second-order valence-electron chi connectivity index (χ2n) is 8.59. The van der Waals surface area contributed by atoms with Crippen LogP contribution in [0.4, 0.5) is 0 Å². The number of nitrogens with one attached hydrogen (secondary N) is 1. The molecule has 0 aliphatic carbocycles. The van der Waals surface area contributed by atoms with Crippen molar-refractivity contribution < 1.29 is 19.1 Å². The van der Waals surface area contributed by atoms with Crippen LogP contribution in [0, 0.1) is 0 Å². The summed E-state index contributed by atoms with van der Waals surface area (Å²) in [6.45, 7) is 2.70. The molecule has 1 aliphatic heterocycles. The molecule has 0 saturated carbocycles. The van der Waals surface area contributed by atoms with Crippen LogP contribution in [-0.2, 0) is 22.7 Å². The van der Waals surface area contributed by atoms with Crippen LogP contribution in [-0.4, -0.2) is 42.5 Å². The van der Waals surface area contributed by atoms with Gasteiger partial charge in [0.2, 0.25) is 0 Å². The van der Waals surface area contributed by atoms with E-state index in [2.05, 4.69) is 22.3 Å². The van der Waals surface area contributed by atoms with Gasteiger partial charge in [0.15, 0.2) is 6.61 Å². The number of carbonyl (C=O) groups is 2. The van der Waals surface area contributed by atoms with Crippen molar-refractivity contribution in [1.82, 2.24) is 10.2 Å². The molecule has 3 aromatic rings. The van der Waals surface area contributed by atoms with Crippen molar-refractivity contribution in [2.45, 2.75) is 32.0 Å². The lowest BCUT2D eigenvalue weighted by molar-refractivity contribution is -0.125. The van der Waals surface area contributed by atoms with E-state index < -0.39 is 5.97 Å². The first kappa shape index (κ1) is 24.8. The van der Waals surface area contributed by atoms with E-state index in [-0.39, 0.29) is 30.7 Å². The quantitative estimate of drug-likeness (QED) is 0.432. The molecule has 1 heterocycles. The van der Waals surface area contributed by atoms with Crippen LogP contribution in [0.3, 0.4) is 0 Å². The average Bonchev–Trinajstić information content (AvgIpc) is 2.89. The fourth-order valence-electron chi connectivity index (χ4n) is 4.06. The van der Waals surface area contributed by atoms with Crippen molar-refractivity contribution in [2.24, 2.45) is 0 Å². The first-order valence-electron chi connectivity index (χ1n) is 11.8. The van der Waals surface area contributed by atoms with E-state index in [0.717, 1.165) is 38.0 Å². The molecule has 0 bridgehead atoms. The van der Waals surface area contributed by atoms with E-state index in [1.165, 1.54) is 5.56 Å². The molecule has 0 radical (unpaired) electrons. The summed E-state index contributed by atoms with van der Waals surface area (Å²) in [4.78, 5) is 27.4. The van der Waals surface area contributed by atoms with Gasteiger partial charge < -0.3 is 14.8 Å². The largest absolute Gasteiger partial charge is 0.488 e. The number of piperidine rings is 1. The third kappa shape index (κ3) is 7.57. The summed E-state index contributed by atoms with van der Waals surface area (Å²) in [5.41, 5.74) is 2.49. The summed E-state index contributed by atoms with van der Waals surface area (Å²) in [5.74, 6) is -0.484. The summed E-state index contributed by atoms with van der Waals surface area (Å²) in [7, 11) is 0. The van der Waals surface area contributed by atoms with Gasteiger partial charge in [-0.3, -0.25) is 9.69 Å². The monoisotopic (exact) mass is 492 g/mol. The number of ether oxygens (including phenoxy) is 2. The lowest BCUT2D eigenvalue weighted by Crippen LogP contribution is -2.45. The lowest BCUT2D eigenvalue weighted by atomic mass is 10.0. The molecule has 0 atom stereocenters. The number of para-hydroxylation sites is 1. The van der Waals surface area contributed by atoms with Crippen molar-refractivity contribution in [1.29, 1.82) is 0 Å². The Morgan fingerprint density at radius 1 is 0.886 bits per heavy atom. The van der Waals surface area contributed by atoms with Gasteiger partial charge in [-0.25, -0.2) is 4.79 Å². The minimum atomic E-state index is -0.593. The molecule has 1 N–H and O–H groups in total. The molecule has 6 nitrogen and oxygen atoms in total. The van der Waals surface area contributed by atoms with Crippen LogP contribution in [0.25, 0.3) is 0 Å². The highest BCUT2D eigenvalue weighted by molar-refractivity contribution is 6.30. The molecule has 7 heteroatoms. The Bertz CT molecular complexity index is 1110. The molecule has 4 rings (SSSR count). The van der Waals surface area contributed by atoms with Gasteiger partial charge >= 0.3 is 5.97 Å². The molecular weight excluding hydrogens is 464 g/mol. The predicted octanol–water partition coefficient (Wildman–Crippen LogP) is 4.86. The Labute approximate surface area is 210 Å². The number of hydrogen-bond acceptors (Lipinski definition) is 5. The third-order valence-corrected chi connectivity index (χ3v) is 6.20. The van der Waals surface area contributed by atoms with E-state index in [4.69, 9.17) is 21.1 Å². The van der Waals surface area contributed by atoms with Gasteiger partial charge in [0, 0.05) is 30.7 Å². The summed E-state index contributed by atoms with van der Waals surface area (Å²) >= 11 is 5.92. The van der Waals surface area contributed by atoms with Gasteiger partial charge in [-0.15, -0.1) is 0 Å². The molecule has 1 amide bonds. The van der Waals surface area contributed by atoms with Gasteiger partial charge in [-0.2, -0.15) is 0 Å². The van der Waals surface area contributed by atoms with Crippen molar-refractivity contribution in [3.63, 3.8) is 0 Å². The Hall–Kier alpha value is -3.35. The maximum Gasteiger partial charge on any atom is 0.342 e. The SMILES string of the molecule is O=C(COC(=O)c1ccccc1OCc1ccc(Cl)cc1)NC1CCN(Cc2ccccc2)CC1. The Balaban J connectivity index is 1.21. The topological polar surface area (TPSA) is 67.9 Å². The Morgan fingerprint density at radius 3 is 2.31 bits per heavy atom. The number of rotatable bonds is 9. The number of nitrogens with zero attached hydrogens (tertiary/aromatic N) is 1. The number of amides is 1. The summed E-state index contributed by atoms with van der Waals surface area (Å²) in [6, 6.07) is 24.6. The highest BCUT2D eigenvalue weighted by Crippen LogP contribution is 2.21. The molecular formula is C28H29ClN2O4. The van der Waals surface area contributed by atoms with Crippen LogP contribution >= 0.6 is 11.6 Å². The molecule has 182 valence electrons. The smallest absolute Gasteiger partial charge is 0.342 e. The van der Waals surface area contributed by atoms with Crippen LogP contribution in [0.2, 0.25) is 5.02 Å². The van der Waals surface area contributed by atoms with E-state index in [1.54, 1.807) is 36.4 Å². The zero-order chi connectivity index (χ0) is 24.5. The number of benzene rings is 3. The number of carbonyl (C=O) groups excluding carboxylic acids is 2. The van der Waals surface area contributed by atoms with Crippen LogP contribution in [0.5, 0.6) is 5.75 Å². The van der Waals surface area contributed by atoms with E-state index >= 15 is 0 Å². The zero-order valence-electron chi connectivity index (χ0n) is 19.5. The molecule has 1 fully saturated rings. The van der Waals surface area contributed by atoms with Gasteiger partial charge in [0.1, 0.15) is 17.9 Å². The Morgan fingerprint density at radius 2 is 1.57 bits per heavy atom. The van der Waals surface area contributed by atoms with Crippen LogP contribution in [0.15, 0.2) is 78.9 Å². The van der Waals surface area contributed by atoms with E-state index in [1.807, 2.05) is 30.3 Å². The molecule has 0 aromatic heterocycles. The van der Waals surface area contributed by atoms with Gasteiger partial charge in [0.05, 0.1) is 0 Å². The van der Waals surface area contributed by atoms with Gasteiger partial charge in [-0.05, 0) is 48.2 Å². The van der Waals surface area contributed by atoms with E-state index in [0.29, 0.717) is 10.8 Å². The second kappa shape index (κ2) is 12.4.